The van der Waals surface area contributed by atoms with Gasteiger partial charge in [0.25, 0.3) is 0 Å². The van der Waals surface area contributed by atoms with Crippen LogP contribution in [0.2, 0.25) is 5.02 Å². The molecule has 26 heavy (non-hydrogen) atoms. The van der Waals surface area contributed by atoms with Crippen molar-refractivity contribution in [1.29, 1.82) is 0 Å². The fourth-order valence-corrected chi connectivity index (χ4v) is 2.83. The highest BCUT2D eigenvalue weighted by Crippen LogP contribution is 2.17. The first kappa shape index (κ1) is 21.9. The lowest BCUT2D eigenvalue weighted by Crippen LogP contribution is -2.41. The van der Waals surface area contributed by atoms with Crippen LogP contribution < -0.4 is 5.32 Å². The Labute approximate surface area is 156 Å². The molecule has 1 saturated heterocycles. The van der Waals surface area contributed by atoms with Gasteiger partial charge in [0.15, 0.2) is 0 Å². The van der Waals surface area contributed by atoms with Crippen LogP contribution >= 0.6 is 11.6 Å². The van der Waals surface area contributed by atoms with E-state index in [9.17, 15) is 4.79 Å². The lowest BCUT2D eigenvalue weighted by Gasteiger charge is -2.31. The normalized spacial score (nSPS) is 16.9. The van der Waals surface area contributed by atoms with Crippen LogP contribution in [0.5, 0.6) is 0 Å². The van der Waals surface area contributed by atoms with Gasteiger partial charge in [-0.15, -0.1) is 0 Å². The van der Waals surface area contributed by atoms with Gasteiger partial charge in [0, 0.05) is 24.4 Å². The molecule has 3 N–H and O–H groups in total. The molecule has 1 aliphatic heterocycles. The number of carboxylic acids is 2. The third-order valence-corrected chi connectivity index (χ3v) is 3.90. The molecule has 1 aromatic carbocycles. The number of nitrogens with zero attached hydrogens (tertiary/aromatic N) is 1. The van der Waals surface area contributed by atoms with Crippen LogP contribution in [0.15, 0.2) is 24.3 Å². The van der Waals surface area contributed by atoms with Gasteiger partial charge in [-0.25, -0.2) is 9.59 Å². The molecule has 1 atom stereocenters. The molecule has 1 fully saturated rings. The fraction of sp³-hybridized carbons (Fsp3) is 0.471. The van der Waals surface area contributed by atoms with Crippen LogP contribution in [-0.2, 0) is 19.1 Å². The Morgan fingerprint density at radius 3 is 2.58 bits per heavy atom. The number of carbonyl (C=O) groups excluding carboxylic acids is 1. The first-order valence-corrected chi connectivity index (χ1v) is 8.42. The van der Waals surface area contributed by atoms with Gasteiger partial charge in [0.2, 0.25) is 5.91 Å². The second-order valence-electron chi connectivity index (χ2n) is 5.87. The highest BCUT2D eigenvalue weighted by Gasteiger charge is 2.21. The van der Waals surface area contributed by atoms with Crippen molar-refractivity contribution in [1.82, 2.24) is 4.90 Å². The summed E-state index contributed by atoms with van der Waals surface area (Å²) in [6, 6.07) is 7.21. The first-order valence-electron chi connectivity index (χ1n) is 8.04. The molecule has 8 nitrogen and oxygen atoms in total. The molecule has 144 valence electrons. The molecule has 1 aromatic rings. The molecule has 1 heterocycles. The standard InChI is InChI=1S/C15H21ClN2O2.C2H2O4/c1-20-11-12-4-3-7-18(9-12)10-15(19)17-14-6-2-5-13(16)8-14;3-1(4)2(5)6/h2,5-6,8,12H,3-4,7,9-11H2,1H3,(H,17,19);(H,3,4)(H,5,6). The van der Waals surface area contributed by atoms with Crippen molar-refractivity contribution in [3.63, 3.8) is 0 Å². The largest absolute Gasteiger partial charge is 0.473 e. The Morgan fingerprint density at radius 1 is 1.31 bits per heavy atom. The summed E-state index contributed by atoms with van der Waals surface area (Å²) in [7, 11) is 1.73. The van der Waals surface area contributed by atoms with Crippen molar-refractivity contribution >= 4 is 35.1 Å². The van der Waals surface area contributed by atoms with E-state index in [2.05, 4.69) is 10.2 Å². The minimum Gasteiger partial charge on any atom is -0.473 e. The van der Waals surface area contributed by atoms with E-state index in [4.69, 9.17) is 36.1 Å². The number of anilines is 1. The van der Waals surface area contributed by atoms with Crippen molar-refractivity contribution in [3.05, 3.63) is 29.3 Å². The van der Waals surface area contributed by atoms with Crippen LogP contribution in [-0.4, -0.2) is 66.3 Å². The van der Waals surface area contributed by atoms with E-state index < -0.39 is 11.9 Å². The number of aliphatic carboxylic acids is 2. The first-order chi connectivity index (χ1) is 12.3. The third kappa shape index (κ3) is 8.80. The number of methoxy groups -OCH3 is 1. The smallest absolute Gasteiger partial charge is 0.414 e. The Balaban J connectivity index is 0.000000487. The molecule has 0 aliphatic carbocycles. The number of nitrogens with one attached hydrogen (secondary N) is 1. The second-order valence-corrected chi connectivity index (χ2v) is 6.30. The van der Waals surface area contributed by atoms with E-state index in [0.29, 0.717) is 17.5 Å². The number of halogens is 1. The maximum atomic E-state index is 12.0. The molecule has 0 spiro atoms. The molecule has 1 amide bonds. The Bertz CT molecular complexity index is 611. The lowest BCUT2D eigenvalue weighted by molar-refractivity contribution is -0.159. The average molecular weight is 387 g/mol. The topological polar surface area (TPSA) is 116 Å². The van der Waals surface area contributed by atoms with Gasteiger partial charge in [-0.05, 0) is 43.5 Å². The summed E-state index contributed by atoms with van der Waals surface area (Å²) >= 11 is 5.90. The number of ether oxygens (including phenoxy) is 1. The number of carboxylic acid groups (broad SMARTS) is 2. The molecule has 1 unspecified atom stereocenters. The zero-order chi connectivity index (χ0) is 19.5. The summed E-state index contributed by atoms with van der Waals surface area (Å²) in [6.45, 7) is 3.10. The number of piperidine rings is 1. The third-order valence-electron chi connectivity index (χ3n) is 3.66. The maximum absolute atomic E-state index is 12.0. The van der Waals surface area contributed by atoms with Crippen LogP contribution in [0, 0.1) is 5.92 Å². The molecule has 9 heteroatoms. The van der Waals surface area contributed by atoms with Gasteiger partial charge in [0.1, 0.15) is 0 Å². The van der Waals surface area contributed by atoms with Crippen LogP contribution in [0.25, 0.3) is 0 Å². The number of amides is 1. The summed E-state index contributed by atoms with van der Waals surface area (Å²) < 4.78 is 5.20. The van der Waals surface area contributed by atoms with E-state index >= 15 is 0 Å². The zero-order valence-corrected chi connectivity index (χ0v) is 15.2. The summed E-state index contributed by atoms with van der Waals surface area (Å²) in [6.07, 6.45) is 2.30. The maximum Gasteiger partial charge on any atom is 0.414 e. The molecule has 0 bridgehead atoms. The lowest BCUT2D eigenvalue weighted by atomic mass is 9.99. The van der Waals surface area contributed by atoms with E-state index in [-0.39, 0.29) is 5.91 Å². The number of rotatable bonds is 5. The molecule has 1 aliphatic rings. The van der Waals surface area contributed by atoms with Crippen LogP contribution in [0.1, 0.15) is 12.8 Å². The predicted octanol–water partition coefficient (Wildman–Crippen LogP) is 1.79. The van der Waals surface area contributed by atoms with Gasteiger partial charge >= 0.3 is 11.9 Å². The number of likely N-dealkylation sites (tertiary alicyclic amines) is 1. The number of hydrogen-bond donors (Lipinski definition) is 3. The van der Waals surface area contributed by atoms with E-state index in [1.807, 2.05) is 12.1 Å². The SMILES string of the molecule is COCC1CCCN(CC(=O)Nc2cccc(Cl)c2)C1.O=C(O)C(=O)O. The molecule has 0 saturated carbocycles. The molecule has 0 radical (unpaired) electrons. The highest BCUT2D eigenvalue weighted by atomic mass is 35.5. The summed E-state index contributed by atoms with van der Waals surface area (Å²) in [5.74, 6) is -3.11. The summed E-state index contributed by atoms with van der Waals surface area (Å²) in [4.78, 5) is 32.4. The predicted molar refractivity (Wildman–Crippen MR) is 96.4 cm³/mol. The minimum absolute atomic E-state index is 0.00494. The molecule has 2 rings (SSSR count). The van der Waals surface area contributed by atoms with E-state index in [1.54, 1.807) is 19.2 Å². The Hall–Kier alpha value is -2.16. The van der Waals surface area contributed by atoms with Gasteiger partial charge in [-0.3, -0.25) is 9.69 Å². The Morgan fingerprint density at radius 2 is 2.00 bits per heavy atom. The number of benzene rings is 1. The van der Waals surface area contributed by atoms with Crippen molar-refractivity contribution in [2.24, 2.45) is 5.92 Å². The summed E-state index contributed by atoms with van der Waals surface area (Å²) in [5.41, 5.74) is 0.743. The zero-order valence-electron chi connectivity index (χ0n) is 14.5. The van der Waals surface area contributed by atoms with Gasteiger partial charge < -0.3 is 20.3 Å². The monoisotopic (exact) mass is 386 g/mol. The molecular weight excluding hydrogens is 364 g/mol. The second kappa shape index (κ2) is 11.5. The number of carbonyl (C=O) groups is 3. The van der Waals surface area contributed by atoms with Crippen LogP contribution in [0.3, 0.4) is 0 Å². The minimum atomic E-state index is -1.82. The van der Waals surface area contributed by atoms with Crippen LogP contribution in [0.4, 0.5) is 5.69 Å². The molecular formula is C17H23ClN2O6. The van der Waals surface area contributed by atoms with Crippen molar-refractivity contribution in [2.45, 2.75) is 12.8 Å². The van der Waals surface area contributed by atoms with Gasteiger partial charge in [-0.1, -0.05) is 17.7 Å². The van der Waals surface area contributed by atoms with Crippen molar-refractivity contribution < 1.29 is 29.3 Å². The van der Waals surface area contributed by atoms with Gasteiger partial charge in [0.05, 0.1) is 13.2 Å². The van der Waals surface area contributed by atoms with Crippen molar-refractivity contribution in [2.75, 3.05) is 38.7 Å². The average Bonchev–Trinajstić information content (AvgIpc) is 2.56. The molecule has 0 aromatic heterocycles. The highest BCUT2D eigenvalue weighted by molar-refractivity contribution is 6.30. The van der Waals surface area contributed by atoms with E-state index in [0.717, 1.165) is 31.8 Å². The fourth-order valence-electron chi connectivity index (χ4n) is 2.64. The van der Waals surface area contributed by atoms with E-state index in [1.165, 1.54) is 6.42 Å². The number of hydrogen-bond acceptors (Lipinski definition) is 5. The van der Waals surface area contributed by atoms with Gasteiger partial charge in [-0.2, -0.15) is 0 Å². The Kier molecular flexibility index (Phi) is 9.64. The summed E-state index contributed by atoms with van der Waals surface area (Å²) in [5, 5.41) is 18.3. The quantitative estimate of drug-likeness (QED) is 0.660. The van der Waals surface area contributed by atoms with Crippen molar-refractivity contribution in [3.8, 4) is 0 Å².